The van der Waals surface area contributed by atoms with Crippen molar-refractivity contribution in [3.63, 3.8) is 0 Å². The molecule has 0 spiro atoms. The number of hydrogen-bond acceptors (Lipinski definition) is 2. The van der Waals surface area contributed by atoms with Crippen molar-refractivity contribution in [2.24, 2.45) is 11.3 Å². The lowest BCUT2D eigenvalue weighted by Gasteiger charge is -2.25. The molecule has 0 aliphatic carbocycles. The van der Waals surface area contributed by atoms with Crippen molar-refractivity contribution in [3.05, 3.63) is 0 Å². The van der Waals surface area contributed by atoms with Gasteiger partial charge in [-0.3, -0.25) is 4.79 Å². The van der Waals surface area contributed by atoms with Gasteiger partial charge >= 0.3 is 12.0 Å². The topological polar surface area (TPSA) is 69.6 Å². The van der Waals surface area contributed by atoms with E-state index in [9.17, 15) is 14.7 Å². The van der Waals surface area contributed by atoms with Crippen LogP contribution in [0.5, 0.6) is 0 Å². The Morgan fingerprint density at radius 3 is 2.21 bits per heavy atom. The molecular weight excluding hydrogens is 244 g/mol. The fraction of sp³-hybridized carbons (Fsp3) is 0.857. The Morgan fingerprint density at radius 1 is 1.26 bits per heavy atom. The highest BCUT2D eigenvalue weighted by atomic mass is 16.4. The molecule has 0 rings (SSSR count). The van der Waals surface area contributed by atoms with Crippen molar-refractivity contribution in [1.82, 2.24) is 10.2 Å². The summed E-state index contributed by atoms with van der Waals surface area (Å²) < 4.78 is 0. The average molecular weight is 272 g/mol. The third kappa shape index (κ3) is 7.70. The van der Waals surface area contributed by atoms with E-state index in [0.29, 0.717) is 19.5 Å². The molecule has 112 valence electrons. The highest BCUT2D eigenvalue weighted by molar-refractivity contribution is 5.76. The summed E-state index contributed by atoms with van der Waals surface area (Å²) in [6.07, 6.45) is 1.44. The Kier molecular flexibility index (Phi) is 7.49. The van der Waals surface area contributed by atoms with Crippen LogP contribution in [0.4, 0.5) is 4.79 Å². The monoisotopic (exact) mass is 272 g/mol. The van der Waals surface area contributed by atoms with Crippen molar-refractivity contribution in [2.45, 2.75) is 47.5 Å². The number of carbonyl (C=O) groups excluding carboxylic acids is 1. The highest BCUT2D eigenvalue weighted by Gasteiger charge is 2.25. The zero-order chi connectivity index (χ0) is 15.1. The second-order valence-electron chi connectivity index (χ2n) is 6.07. The molecule has 5 heteroatoms. The highest BCUT2D eigenvalue weighted by Crippen LogP contribution is 2.24. The van der Waals surface area contributed by atoms with Crippen LogP contribution in [0.3, 0.4) is 0 Å². The number of urea groups is 1. The Labute approximate surface area is 116 Å². The van der Waals surface area contributed by atoms with Crippen LogP contribution < -0.4 is 5.32 Å². The van der Waals surface area contributed by atoms with E-state index < -0.39 is 11.9 Å². The largest absolute Gasteiger partial charge is 0.481 e. The first-order valence-electron chi connectivity index (χ1n) is 6.96. The summed E-state index contributed by atoms with van der Waals surface area (Å²) in [5, 5.41) is 11.9. The van der Waals surface area contributed by atoms with Gasteiger partial charge in [-0.1, -0.05) is 27.7 Å². The van der Waals surface area contributed by atoms with Crippen LogP contribution in [0, 0.1) is 11.3 Å². The minimum atomic E-state index is -0.853. The standard InChI is InChI=1S/C14H28N2O3/c1-6-8-16(7-2)13(19)15-10-11(12(17)18)9-14(3,4)5/h11H,6-10H2,1-5H3,(H,15,19)(H,17,18). The third-order valence-corrected chi connectivity index (χ3v) is 2.87. The van der Waals surface area contributed by atoms with E-state index in [2.05, 4.69) is 5.32 Å². The van der Waals surface area contributed by atoms with Crippen molar-refractivity contribution in [3.8, 4) is 0 Å². The zero-order valence-electron chi connectivity index (χ0n) is 12.8. The molecule has 0 aromatic carbocycles. The molecule has 0 fully saturated rings. The normalized spacial score (nSPS) is 12.9. The van der Waals surface area contributed by atoms with Gasteiger partial charge in [0.1, 0.15) is 0 Å². The second kappa shape index (κ2) is 8.02. The van der Waals surface area contributed by atoms with Crippen molar-refractivity contribution in [1.29, 1.82) is 0 Å². The van der Waals surface area contributed by atoms with Gasteiger partial charge in [0.25, 0.3) is 0 Å². The first-order valence-corrected chi connectivity index (χ1v) is 6.96. The van der Waals surface area contributed by atoms with Gasteiger partial charge in [-0.15, -0.1) is 0 Å². The molecule has 0 aromatic rings. The molecule has 2 amide bonds. The van der Waals surface area contributed by atoms with E-state index in [4.69, 9.17) is 0 Å². The average Bonchev–Trinajstić information content (AvgIpc) is 2.29. The van der Waals surface area contributed by atoms with Gasteiger partial charge in [-0.25, -0.2) is 4.79 Å². The number of hydrogen-bond donors (Lipinski definition) is 2. The molecule has 0 aliphatic heterocycles. The van der Waals surface area contributed by atoms with Gasteiger partial charge in [-0.05, 0) is 25.2 Å². The molecule has 0 aromatic heterocycles. The molecule has 19 heavy (non-hydrogen) atoms. The predicted molar refractivity (Wildman–Crippen MR) is 76.1 cm³/mol. The second-order valence-corrected chi connectivity index (χ2v) is 6.07. The summed E-state index contributed by atoms with van der Waals surface area (Å²) in [4.78, 5) is 24.8. The van der Waals surface area contributed by atoms with E-state index in [1.807, 2.05) is 34.6 Å². The van der Waals surface area contributed by atoms with Crippen LogP contribution >= 0.6 is 0 Å². The summed E-state index contributed by atoms with van der Waals surface area (Å²) in [5.74, 6) is -1.39. The van der Waals surface area contributed by atoms with Crippen molar-refractivity contribution < 1.29 is 14.7 Å². The van der Waals surface area contributed by atoms with Gasteiger partial charge < -0.3 is 15.3 Å². The van der Waals surface area contributed by atoms with Gasteiger partial charge in [0.2, 0.25) is 0 Å². The van der Waals surface area contributed by atoms with E-state index in [0.717, 1.165) is 6.42 Å². The lowest BCUT2D eigenvalue weighted by molar-refractivity contribution is -0.142. The number of nitrogens with zero attached hydrogens (tertiary/aromatic N) is 1. The zero-order valence-corrected chi connectivity index (χ0v) is 12.8. The molecule has 2 N–H and O–H groups in total. The smallest absolute Gasteiger partial charge is 0.317 e. The summed E-state index contributed by atoms with van der Waals surface area (Å²) in [5.41, 5.74) is -0.0678. The van der Waals surface area contributed by atoms with Gasteiger partial charge in [0.15, 0.2) is 0 Å². The van der Waals surface area contributed by atoms with Crippen LogP contribution in [-0.2, 0) is 4.79 Å². The van der Waals surface area contributed by atoms with Crippen LogP contribution in [-0.4, -0.2) is 41.6 Å². The maximum Gasteiger partial charge on any atom is 0.317 e. The molecule has 5 nitrogen and oxygen atoms in total. The molecular formula is C14H28N2O3. The lowest BCUT2D eigenvalue weighted by Crippen LogP contribution is -2.43. The Morgan fingerprint density at radius 2 is 1.84 bits per heavy atom. The quantitative estimate of drug-likeness (QED) is 0.748. The van der Waals surface area contributed by atoms with Crippen molar-refractivity contribution >= 4 is 12.0 Å². The molecule has 0 saturated heterocycles. The van der Waals surface area contributed by atoms with Crippen LogP contribution in [0.1, 0.15) is 47.5 Å². The molecule has 1 atom stereocenters. The SMILES string of the molecule is CCCN(CC)C(=O)NCC(CC(C)(C)C)C(=O)O. The van der Waals surface area contributed by atoms with Crippen LogP contribution in [0.15, 0.2) is 0 Å². The number of nitrogens with one attached hydrogen (secondary N) is 1. The molecule has 0 heterocycles. The van der Waals surface area contributed by atoms with E-state index in [1.54, 1.807) is 4.90 Å². The van der Waals surface area contributed by atoms with Crippen LogP contribution in [0.25, 0.3) is 0 Å². The van der Waals surface area contributed by atoms with E-state index in [-0.39, 0.29) is 18.0 Å². The first-order chi connectivity index (χ1) is 8.71. The third-order valence-electron chi connectivity index (χ3n) is 2.87. The predicted octanol–water partition coefficient (Wildman–Crippen LogP) is 2.56. The first kappa shape index (κ1) is 17.7. The summed E-state index contributed by atoms with van der Waals surface area (Å²) in [6.45, 7) is 11.4. The van der Waals surface area contributed by atoms with E-state index >= 15 is 0 Å². The molecule has 1 unspecified atom stereocenters. The number of rotatable bonds is 7. The number of carbonyl (C=O) groups is 2. The van der Waals surface area contributed by atoms with Gasteiger partial charge in [-0.2, -0.15) is 0 Å². The number of amides is 2. The van der Waals surface area contributed by atoms with Gasteiger partial charge in [0.05, 0.1) is 5.92 Å². The molecule has 0 saturated carbocycles. The summed E-state index contributed by atoms with van der Waals surface area (Å²) in [6, 6.07) is -0.176. The minimum absolute atomic E-state index is 0.0678. The number of carboxylic acids is 1. The lowest BCUT2D eigenvalue weighted by atomic mass is 9.84. The maximum atomic E-state index is 11.9. The van der Waals surface area contributed by atoms with E-state index in [1.165, 1.54) is 0 Å². The summed E-state index contributed by atoms with van der Waals surface area (Å²) in [7, 11) is 0. The minimum Gasteiger partial charge on any atom is -0.481 e. The molecule has 0 bridgehead atoms. The fourth-order valence-electron chi connectivity index (χ4n) is 1.98. The van der Waals surface area contributed by atoms with Crippen molar-refractivity contribution in [2.75, 3.05) is 19.6 Å². The summed E-state index contributed by atoms with van der Waals surface area (Å²) >= 11 is 0. The fourth-order valence-corrected chi connectivity index (χ4v) is 1.98. The Balaban J connectivity index is 4.39. The number of carboxylic acid groups (broad SMARTS) is 1. The maximum absolute atomic E-state index is 11.9. The molecule has 0 aliphatic rings. The Bertz CT molecular complexity index is 298. The number of aliphatic carboxylic acids is 1. The Hall–Kier alpha value is -1.26. The van der Waals surface area contributed by atoms with Gasteiger partial charge in [0, 0.05) is 19.6 Å². The van der Waals surface area contributed by atoms with Crippen LogP contribution in [0.2, 0.25) is 0 Å². The molecule has 0 radical (unpaired) electrons.